The van der Waals surface area contributed by atoms with Gasteiger partial charge in [0.2, 0.25) is 0 Å². The summed E-state index contributed by atoms with van der Waals surface area (Å²) in [5.74, 6) is 0. The molecule has 0 saturated heterocycles. The number of hydrogen-bond donors (Lipinski definition) is 0. The number of benzene rings is 15. The lowest BCUT2D eigenvalue weighted by Crippen LogP contribution is -1.96. The van der Waals surface area contributed by atoms with Crippen LogP contribution in [0.1, 0.15) is 0 Å². The quantitative estimate of drug-likeness (QED) is 0.144. The Bertz CT molecular complexity index is 6790. The van der Waals surface area contributed by atoms with Gasteiger partial charge < -0.3 is 18.3 Å². The predicted octanol–water partition coefficient (Wildman–Crippen LogP) is 25.5. The smallest absolute Gasteiger partial charge is 0.0640 e. The van der Waals surface area contributed by atoms with Crippen molar-refractivity contribution in [1.29, 1.82) is 0 Å². The van der Waals surface area contributed by atoms with E-state index >= 15 is 0 Å². The van der Waals surface area contributed by atoms with Gasteiger partial charge in [-0.25, -0.2) is 0 Å². The van der Waals surface area contributed by atoms with Crippen molar-refractivity contribution in [1.82, 2.24) is 18.3 Å². The van der Waals surface area contributed by atoms with Gasteiger partial charge in [0.05, 0.1) is 54.5 Å². The molecule has 96 heavy (non-hydrogen) atoms. The van der Waals surface area contributed by atoms with Crippen molar-refractivity contribution in [2.45, 2.75) is 0 Å². The van der Waals surface area contributed by atoms with Crippen molar-refractivity contribution in [3.8, 4) is 67.3 Å². The van der Waals surface area contributed by atoms with Gasteiger partial charge in [-0.2, -0.15) is 0 Å². The van der Waals surface area contributed by atoms with E-state index in [9.17, 15) is 0 Å². The summed E-state index contributed by atoms with van der Waals surface area (Å²) in [5.41, 5.74) is 23.7. The minimum Gasteiger partial charge on any atom is -0.309 e. The van der Waals surface area contributed by atoms with Crippen LogP contribution in [0.15, 0.2) is 328 Å². The summed E-state index contributed by atoms with van der Waals surface area (Å²) in [6.07, 6.45) is 0. The van der Waals surface area contributed by atoms with Gasteiger partial charge in [-0.3, -0.25) is 0 Å². The van der Waals surface area contributed by atoms with E-state index in [0.29, 0.717) is 0 Å². The monoisotopic (exact) mass is 1250 g/mol. The molecule has 0 aliphatic carbocycles. The predicted molar refractivity (Wildman–Crippen MR) is 411 cm³/mol. The van der Waals surface area contributed by atoms with Crippen molar-refractivity contribution >= 4 is 150 Å². The molecule has 6 heteroatoms. The van der Waals surface area contributed by atoms with E-state index in [1.165, 1.54) is 172 Å². The highest BCUT2D eigenvalue weighted by molar-refractivity contribution is 7.26. The lowest BCUT2D eigenvalue weighted by atomic mass is 9.93. The molecule has 0 unspecified atom stereocenters. The molecule has 6 heterocycles. The van der Waals surface area contributed by atoms with Crippen LogP contribution in [-0.4, -0.2) is 18.3 Å². The Balaban J connectivity index is 0.715. The number of para-hydroxylation sites is 5. The first-order chi connectivity index (χ1) is 47.6. The Hall–Kier alpha value is -12.1. The van der Waals surface area contributed by atoms with Gasteiger partial charge in [-0.1, -0.05) is 188 Å². The van der Waals surface area contributed by atoms with Crippen molar-refractivity contribution in [2.75, 3.05) is 0 Å². The summed E-state index contributed by atoms with van der Waals surface area (Å²) in [7, 11) is 0. The second-order valence-corrected chi connectivity index (χ2v) is 27.6. The molecule has 0 N–H and O–H groups in total. The molecule has 15 aromatic carbocycles. The number of nitrogens with zero attached hydrogens (tertiary/aromatic N) is 4. The molecule has 0 saturated carbocycles. The van der Waals surface area contributed by atoms with Crippen LogP contribution < -0.4 is 0 Å². The first kappa shape index (κ1) is 53.4. The molecule has 21 rings (SSSR count). The van der Waals surface area contributed by atoms with Gasteiger partial charge >= 0.3 is 0 Å². The Morgan fingerprint density at radius 1 is 0.177 bits per heavy atom. The number of fused-ring (bicyclic) bond motifs is 18. The second kappa shape index (κ2) is 20.7. The molecule has 4 nitrogen and oxygen atoms in total. The van der Waals surface area contributed by atoms with Crippen LogP contribution in [0.5, 0.6) is 0 Å². The first-order valence-electron chi connectivity index (χ1n) is 32.9. The SMILES string of the molecule is c1ccc(-n2c3ccccc3c3cc(-c4ccc5c(c4)c4cc(-c6cc(-c7cccc(-c8cccc(-n9c%10ccccc%10c%10cc(-n%11c%12ccccc%12c%12ccccc%12%11)ccc%109)c8)c7)c7sc8ccccc8c7c6)ccc4n5-c4cccc5c4sc4ccccc45)ccc32)cc1. The third-order valence-electron chi connectivity index (χ3n) is 20.3. The van der Waals surface area contributed by atoms with Crippen molar-refractivity contribution < 1.29 is 0 Å². The van der Waals surface area contributed by atoms with E-state index in [1.54, 1.807) is 0 Å². The van der Waals surface area contributed by atoms with Crippen LogP contribution >= 0.6 is 22.7 Å². The molecule has 0 aliphatic rings. The molecule has 0 atom stereocenters. The Morgan fingerprint density at radius 3 is 1.17 bits per heavy atom. The van der Waals surface area contributed by atoms with Crippen LogP contribution in [-0.2, 0) is 0 Å². The van der Waals surface area contributed by atoms with E-state index < -0.39 is 0 Å². The normalized spacial score (nSPS) is 12.2. The van der Waals surface area contributed by atoms with Gasteiger partial charge in [0, 0.05) is 101 Å². The molecule has 0 spiro atoms. The zero-order valence-electron chi connectivity index (χ0n) is 51.8. The molecule has 0 radical (unpaired) electrons. The van der Waals surface area contributed by atoms with Crippen LogP contribution in [0.2, 0.25) is 0 Å². The van der Waals surface area contributed by atoms with Gasteiger partial charge in [-0.15, -0.1) is 22.7 Å². The highest BCUT2D eigenvalue weighted by Gasteiger charge is 2.23. The van der Waals surface area contributed by atoms with E-state index in [4.69, 9.17) is 0 Å². The van der Waals surface area contributed by atoms with Crippen LogP contribution in [0.3, 0.4) is 0 Å². The maximum Gasteiger partial charge on any atom is 0.0640 e. The fraction of sp³-hybridized carbons (Fsp3) is 0. The maximum atomic E-state index is 2.53. The van der Waals surface area contributed by atoms with Crippen molar-refractivity contribution in [2.24, 2.45) is 0 Å². The number of thiophene rings is 2. The summed E-state index contributed by atoms with van der Waals surface area (Å²) in [5, 5.41) is 15.0. The summed E-state index contributed by atoms with van der Waals surface area (Å²) >= 11 is 3.78. The van der Waals surface area contributed by atoms with E-state index in [2.05, 4.69) is 346 Å². The molecule has 21 aromatic rings. The summed E-state index contributed by atoms with van der Waals surface area (Å²) < 4.78 is 15.0. The van der Waals surface area contributed by atoms with E-state index in [-0.39, 0.29) is 0 Å². The Labute approximate surface area is 559 Å². The van der Waals surface area contributed by atoms with Gasteiger partial charge in [-0.05, 0) is 178 Å². The first-order valence-corrected chi connectivity index (χ1v) is 34.5. The second-order valence-electron chi connectivity index (χ2n) is 25.5. The lowest BCUT2D eigenvalue weighted by molar-refractivity contribution is 1.17. The third kappa shape index (κ3) is 7.94. The summed E-state index contributed by atoms with van der Waals surface area (Å²) in [6.45, 7) is 0. The van der Waals surface area contributed by atoms with E-state index in [1.807, 2.05) is 22.7 Å². The maximum absolute atomic E-state index is 2.53. The minimum atomic E-state index is 1.13. The zero-order valence-corrected chi connectivity index (χ0v) is 53.4. The van der Waals surface area contributed by atoms with Crippen molar-refractivity contribution in [3.05, 3.63) is 328 Å². The largest absolute Gasteiger partial charge is 0.309 e. The summed E-state index contributed by atoms with van der Waals surface area (Å²) in [6, 6.07) is 122. The average Bonchev–Trinajstić information content (AvgIpc) is 1.58. The summed E-state index contributed by atoms with van der Waals surface area (Å²) in [4.78, 5) is 0. The van der Waals surface area contributed by atoms with Gasteiger partial charge in [0.15, 0.2) is 0 Å². The van der Waals surface area contributed by atoms with Gasteiger partial charge in [0.1, 0.15) is 0 Å². The fourth-order valence-corrected chi connectivity index (χ4v) is 18.5. The van der Waals surface area contributed by atoms with Crippen molar-refractivity contribution in [3.63, 3.8) is 0 Å². The van der Waals surface area contributed by atoms with E-state index in [0.717, 1.165) is 22.6 Å². The highest BCUT2D eigenvalue weighted by Crippen LogP contribution is 2.48. The Kier molecular flexibility index (Phi) is 11.5. The van der Waals surface area contributed by atoms with Crippen LogP contribution in [0, 0.1) is 0 Å². The molecule has 6 aromatic heterocycles. The van der Waals surface area contributed by atoms with Gasteiger partial charge in [0.25, 0.3) is 0 Å². The van der Waals surface area contributed by atoms with Crippen LogP contribution in [0.4, 0.5) is 0 Å². The molecule has 0 amide bonds. The fourth-order valence-electron chi connectivity index (χ4n) is 16.0. The molecule has 0 bridgehead atoms. The molecule has 0 aliphatic heterocycles. The average molecular weight is 1260 g/mol. The molecular formula is C90H54N4S2. The molecule has 0 fully saturated rings. The minimum absolute atomic E-state index is 1.13. The number of aromatic nitrogens is 4. The number of rotatable bonds is 8. The standard InChI is InChI=1S/C90H54N4S2/c1-2-22-62(23-3-1)91-80-34-12-6-27-67(80)73-49-57(39-43-82(73)91)58-40-44-84-74(50-58)75-51-59(41-45-85(75)94(84)86-36-18-31-71-69-29-8-14-37-87(69)96-90(71)86)61-52-72(89-77(53-61)70-30-9-15-38-88(70)95-89)60-21-16-19-55(47-60)56-20-17-24-63(48-56)92-81-35-13-7-28-68(81)76-54-64(42-46-83(76)92)93-78-32-10-4-25-65(78)66-26-5-11-33-79(66)93/h1-54H. The highest BCUT2D eigenvalue weighted by atomic mass is 32.1. The zero-order chi connectivity index (χ0) is 62.7. The Morgan fingerprint density at radius 2 is 0.552 bits per heavy atom. The lowest BCUT2D eigenvalue weighted by Gasteiger charge is -2.13. The third-order valence-corrected chi connectivity index (χ3v) is 22.8. The molecular weight excluding hydrogens is 1200 g/mol. The molecule has 446 valence electrons. The topological polar surface area (TPSA) is 19.7 Å². The van der Waals surface area contributed by atoms with Crippen LogP contribution in [0.25, 0.3) is 195 Å². The number of hydrogen-bond acceptors (Lipinski definition) is 2.